The number of halogens is 2. The minimum Gasteiger partial charge on any atom is -0.410 e. The van der Waals surface area contributed by atoms with Crippen LogP contribution in [0.3, 0.4) is 0 Å². The topological polar surface area (TPSA) is 132 Å². The SMILES string of the molecule is CC(C)c1cc(Sc2c(Cl)cc(OC(=O)NCc3noc(=O)[nH]3)cc2Cl)nn(C)c1=O. The normalized spacial score (nSPS) is 11.0. The number of ether oxygens (including phenoxy) is 1. The van der Waals surface area contributed by atoms with Crippen molar-refractivity contribution in [2.75, 3.05) is 0 Å². The third-order valence-electron chi connectivity index (χ3n) is 3.96. The average Bonchev–Trinajstić information content (AvgIpc) is 3.10. The zero-order chi connectivity index (χ0) is 22.7. The van der Waals surface area contributed by atoms with E-state index in [4.69, 9.17) is 27.9 Å². The zero-order valence-electron chi connectivity index (χ0n) is 16.6. The summed E-state index contributed by atoms with van der Waals surface area (Å²) in [5.41, 5.74) is 0.457. The summed E-state index contributed by atoms with van der Waals surface area (Å²) < 4.78 is 10.8. The molecule has 3 rings (SSSR count). The van der Waals surface area contributed by atoms with Crippen LogP contribution in [-0.4, -0.2) is 26.0 Å². The van der Waals surface area contributed by atoms with Crippen LogP contribution in [0.5, 0.6) is 5.75 Å². The number of nitrogens with one attached hydrogen (secondary N) is 2. The molecule has 2 aromatic heterocycles. The molecule has 0 saturated heterocycles. The maximum atomic E-state index is 12.2. The number of hydrogen-bond acceptors (Lipinski definition) is 8. The van der Waals surface area contributed by atoms with Crippen molar-refractivity contribution in [2.24, 2.45) is 7.05 Å². The maximum Gasteiger partial charge on any atom is 0.438 e. The van der Waals surface area contributed by atoms with Gasteiger partial charge in [-0.2, -0.15) is 5.10 Å². The summed E-state index contributed by atoms with van der Waals surface area (Å²) in [5, 5.41) is 11.1. The molecule has 3 aromatic rings. The monoisotopic (exact) mass is 485 g/mol. The van der Waals surface area contributed by atoms with Crippen LogP contribution in [0.25, 0.3) is 0 Å². The highest BCUT2D eigenvalue weighted by Crippen LogP contribution is 2.40. The van der Waals surface area contributed by atoms with Crippen LogP contribution in [-0.2, 0) is 13.6 Å². The first-order chi connectivity index (χ1) is 14.6. The summed E-state index contributed by atoms with van der Waals surface area (Å²) in [7, 11) is 1.58. The lowest BCUT2D eigenvalue weighted by Crippen LogP contribution is -2.27. The number of rotatable bonds is 6. The smallest absolute Gasteiger partial charge is 0.410 e. The van der Waals surface area contributed by atoms with Gasteiger partial charge in [-0.3, -0.25) is 14.3 Å². The third kappa shape index (κ3) is 5.69. The quantitative estimate of drug-likeness (QED) is 0.543. The summed E-state index contributed by atoms with van der Waals surface area (Å²) in [6.45, 7) is 3.74. The van der Waals surface area contributed by atoms with Crippen molar-refractivity contribution in [3.63, 3.8) is 0 Å². The second-order valence-corrected chi connectivity index (χ2v) is 8.47. The Hall–Kier alpha value is -2.76. The number of hydrogen-bond donors (Lipinski definition) is 2. The first kappa shape index (κ1) is 22.9. The fourth-order valence-electron chi connectivity index (χ4n) is 2.50. The predicted octanol–water partition coefficient (Wildman–Crippen LogP) is 3.33. The molecular weight excluding hydrogens is 469 g/mol. The zero-order valence-corrected chi connectivity index (χ0v) is 18.9. The maximum absolute atomic E-state index is 12.2. The molecule has 0 aliphatic carbocycles. The molecule has 0 spiro atoms. The van der Waals surface area contributed by atoms with E-state index in [1.54, 1.807) is 13.1 Å². The van der Waals surface area contributed by atoms with Crippen molar-refractivity contribution in [2.45, 2.75) is 36.2 Å². The van der Waals surface area contributed by atoms with Gasteiger partial charge in [-0.1, -0.05) is 54.0 Å². The van der Waals surface area contributed by atoms with Gasteiger partial charge in [-0.05, 0) is 12.0 Å². The van der Waals surface area contributed by atoms with Crippen molar-refractivity contribution >= 4 is 41.1 Å². The second-order valence-electron chi connectivity index (χ2n) is 6.62. The van der Waals surface area contributed by atoms with Gasteiger partial charge in [-0.25, -0.2) is 14.3 Å². The lowest BCUT2D eigenvalue weighted by Gasteiger charge is -2.12. The molecule has 0 unspecified atom stereocenters. The molecule has 0 atom stereocenters. The summed E-state index contributed by atoms with van der Waals surface area (Å²) in [4.78, 5) is 37.8. The third-order valence-corrected chi connectivity index (χ3v) is 5.84. The Bertz CT molecular complexity index is 1210. The Morgan fingerprint density at radius 1 is 1.29 bits per heavy atom. The molecule has 2 heterocycles. The summed E-state index contributed by atoms with van der Waals surface area (Å²) >= 11 is 13.9. The minimum absolute atomic E-state index is 0.0244. The molecular formula is C18H17Cl2N5O5S. The fourth-order valence-corrected chi connectivity index (χ4v) is 4.07. The van der Waals surface area contributed by atoms with Crippen LogP contribution < -0.4 is 21.4 Å². The number of H-pyrrole nitrogens is 1. The molecule has 2 N–H and O–H groups in total. The van der Waals surface area contributed by atoms with Gasteiger partial charge in [0.05, 0.1) is 21.5 Å². The molecule has 0 bridgehead atoms. The molecule has 164 valence electrons. The van der Waals surface area contributed by atoms with Crippen LogP contribution in [0.4, 0.5) is 4.79 Å². The van der Waals surface area contributed by atoms with E-state index in [1.165, 1.54) is 28.6 Å². The number of nitrogens with zero attached hydrogens (tertiary/aromatic N) is 3. The highest BCUT2D eigenvalue weighted by atomic mass is 35.5. The highest BCUT2D eigenvalue weighted by Gasteiger charge is 2.16. The van der Waals surface area contributed by atoms with Gasteiger partial charge in [0.1, 0.15) is 10.8 Å². The van der Waals surface area contributed by atoms with Crippen LogP contribution in [0.1, 0.15) is 31.2 Å². The molecule has 13 heteroatoms. The van der Waals surface area contributed by atoms with Crippen molar-refractivity contribution in [1.82, 2.24) is 25.2 Å². The Labute approximate surface area is 189 Å². The van der Waals surface area contributed by atoms with Gasteiger partial charge in [0, 0.05) is 24.7 Å². The van der Waals surface area contributed by atoms with Gasteiger partial charge in [0.15, 0.2) is 5.82 Å². The van der Waals surface area contributed by atoms with E-state index in [1.807, 2.05) is 13.8 Å². The van der Waals surface area contributed by atoms with Gasteiger partial charge in [-0.15, -0.1) is 0 Å². The minimum atomic E-state index is -0.808. The molecule has 0 aliphatic heterocycles. The lowest BCUT2D eigenvalue weighted by molar-refractivity contribution is 0.199. The lowest BCUT2D eigenvalue weighted by atomic mass is 10.1. The van der Waals surface area contributed by atoms with Crippen molar-refractivity contribution in [3.05, 3.63) is 60.5 Å². The predicted molar refractivity (Wildman–Crippen MR) is 114 cm³/mol. The Kier molecular flexibility index (Phi) is 7.08. The molecule has 1 amide bonds. The first-order valence-corrected chi connectivity index (χ1v) is 10.5. The first-order valence-electron chi connectivity index (χ1n) is 8.89. The van der Waals surface area contributed by atoms with Gasteiger partial charge >= 0.3 is 11.8 Å². The number of aromatic amines is 1. The largest absolute Gasteiger partial charge is 0.438 e. The Morgan fingerprint density at radius 2 is 1.97 bits per heavy atom. The average molecular weight is 486 g/mol. The Morgan fingerprint density at radius 3 is 2.55 bits per heavy atom. The van der Waals surface area contributed by atoms with Crippen molar-refractivity contribution in [3.8, 4) is 5.75 Å². The van der Waals surface area contributed by atoms with E-state index < -0.39 is 11.8 Å². The molecule has 1 aromatic carbocycles. The van der Waals surface area contributed by atoms with E-state index in [0.29, 0.717) is 15.5 Å². The number of carbonyl (C=O) groups excluding carboxylic acids is 1. The number of benzene rings is 1. The van der Waals surface area contributed by atoms with Crippen LogP contribution in [0.15, 0.2) is 42.2 Å². The number of carbonyl (C=O) groups is 1. The molecule has 31 heavy (non-hydrogen) atoms. The van der Waals surface area contributed by atoms with Gasteiger partial charge < -0.3 is 10.1 Å². The number of aromatic nitrogens is 4. The molecule has 0 radical (unpaired) electrons. The van der Waals surface area contributed by atoms with Crippen LogP contribution >= 0.6 is 35.0 Å². The Balaban J connectivity index is 1.74. The summed E-state index contributed by atoms with van der Waals surface area (Å²) in [6, 6.07) is 4.56. The van der Waals surface area contributed by atoms with E-state index >= 15 is 0 Å². The van der Waals surface area contributed by atoms with E-state index in [2.05, 4.69) is 25.1 Å². The molecule has 10 nitrogen and oxygen atoms in total. The highest BCUT2D eigenvalue weighted by molar-refractivity contribution is 7.99. The molecule has 0 aliphatic rings. The van der Waals surface area contributed by atoms with Crippen LogP contribution in [0.2, 0.25) is 10.0 Å². The molecule has 0 fully saturated rings. The van der Waals surface area contributed by atoms with Gasteiger partial charge in [0.2, 0.25) is 0 Å². The van der Waals surface area contributed by atoms with E-state index in [0.717, 1.165) is 0 Å². The summed E-state index contributed by atoms with van der Waals surface area (Å²) in [6.07, 6.45) is -0.808. The molecule has 0 saturated carbocycles. The summed E-state index contributed by atoms with van der Waals surface area (Å²) in [5.74, 6) is -0.459. The van der Waals surface area contributed by atoms with Gasteiger partial charge in [0.25, 0.3) is 5.56 Å². The number of amides is 1. The number of aryl methyl sites for hydroxylation is 1. The second kappa shape index (κ2) is 9.58. The fraction of sp³-hybridized carbons (Fsp3) is 0.278. The van der Waals surface area contributed by atoms with Crippen molar-refractivity contribution in [1.29, 1.82) is 0 Å². The van der Waals surface area contributed by atoms with E-state index in [9.17, 15) is 14.4 Å². The van der Waals surface area contributed by atoms with Crippen LogP contribution in [0, 0.1) is 0 Å². The van der Waals surface area contributed by atoms with Crippen molar-refractivity contribution < 1.29 is 14.1 Å². The van der Waals surface area contributed by atoms with E-state index in [-0.39, 0.29) is 39.6 Å². The standard InChI is InChI=1S/C18H17Cl2N5O5S/c1-8(2)10-6-14(23-25(3)16(10)26)31-15-11(19)4-9(5-12(15)20)29-17(27)21-7-13-22-18(28)30-24-13/h4-6,8H,7H2,1-3H3,(H,21,27)(H,22,24,28).